The van der Waals surface area contributed by atoms with Gasteiger partial charge in [0.05, 0.1) is 10.6 Å². The maximum absolute atomic E-state index is 12.5. The molecule has 1 aromatic carbocycles. The van der Waals surface area contributed by atoms with E-state index in [-0.39, 0.29) is 24.5 Å². The molecule has 6 nitrogen and oxygen atoms in total. The topological polar surface area (TPSA) is 66.9 Å². The van der Waals surface area contributed by atoms with Crippen LogP contribution in [0, 0.1) is 0 Å². The first kappa shape index (κ1) is 16.1. The zero-order chi connectivity index (χ0) is 16.6. The van der Waals surface area contributed by atoms with Crippen LogP contribution in [-0.4, -0.2) is 53.4 Å². The third-order valence-corrected chi connectivity index (χ3v) is 4.61. The Morgan fingerprint density at radius 1 is 1.17 bits per heavy atom. The maximum atomic E-state index is 12.5. The quantitative estimate of drug-likeness (QED) is 0.816. The fraction of sp³-hybridized carbons (Fsp3) is 0.400. The molecule has 3 rings (SSSR count). The van der Waals surface area contributed by atoms with Gasteiger partial charge >= 0.3 is 6.09 Å². The molecular formula is C15H14Cl2N2O4. The monoisotopic (exact) mass is 356 g/mol. The summed E-state index contributed by atoms with van der Waals surface area (Å²) < 4.78 is 4.73. The van der Waals surface area contributed by atoms with Gasteiger partial charge in [-0.3, -0.25) is 9.59 Å². The van der Waals surface area contributed by atoms with Crippen LogP contribution in [-0.2, 0) is 9.53 Å². The number of hydrogen-bond donors (Lipinski definition) is 0. The number of rotatable bonds is 2. The Morgan fingerprint density at radius 3 is 2.43 bits per heavy atom. The molecule has 0 aromatic heterocycles. The summed E-state index contributed by atoms with van der Waals surface area (Å²) >= 11 is 11.9. The van der Waals surface area contributed by atoms with Crippen molar-refractivity contribution >= 4 is 41.1 Å². The highest BCUT2D eigenvalue weighted by Crippen LogP contribution is 2.25. The number of carbonyl (C=O) groups is 3. The number of ether oxygens (including phenoxy) is 1. The number of piperidine rings is 1. The number of likely N-dealkylation sites (tertiary alicyclic amines) is 1. The summed E-state index contributed by atoms with van der Waals surface area (Å²) in [6.07, 6.45) is 0.454. The van der Waals surface area contributed by atoms with Crippen molar-refractivity contribution in [1.82, 2.24) is 9.80 Å². The number of benzene rings is 1. The van der Waals surface area contributed by atoms with Gasteiger partial charge in [-0.15, -0.1) is 0 Å². The second-order valence-corrected chi connectivity index (χ2v) is 6.31. The second kappa shape index (κ2) is 6.37. The lowest BCUT2D eigenvalue weighted by Gasteiger charge is -2.34. The summed E-state index contributed by atoms with van der Waals surface area (Å²) in [6, 6.07) is 4.52. The van der Waals surface area contributed by atoms with E-state index < -0.39 is 6.09 Å². The van der Waals surface area contributed by atoms with Crippen LogP contribution in [0.25, 0.3) is 0 Å². The van der Waals surface area contributed by atoms with E-state index in [4.69, 9.17) is 27.9 Å². The summed E-state index contributed by atoms with van der Waals surface area (Å²) in [7, 11) is 0. The molecule has 2 fully saturated rings. The first-order valence-electron chi connectivity index (χ1n) is 7.20. The third-order valence-electron chi connectivity index (χ3n) is 4.06. The maximum Gasteiger partial charge on any atom is 0.417 e. The van der Waals surface area contributed by atoms with Gasteiger partial charge in [0.2, 0.25) is 0 Å². The fourth-order valence-corrected chi connectivity index (χ4v) is 3.37. The molecule has 0 spiro atoms. The average molecular weight is 357 g/mol. The minimum absolute atomic E-state index is 0.180. The summed E-state index contributed by atoms with van der Waals surface area (Å²) in [5, 5.41) is 0.777. The molecule has 0 atom stereocenters. The summed E-state index contributed by atoms with van der Waals surface area (Å²) in [5.74, 6) is -0.499. The Morgan fingerprint density at radius 2 is 1.87 bits per heavy atom. The Labute approximate surface area is 142 Å². The van der Waals surface area contributed by atoms with Gasteiger partial charge in [0.1, 0.15) is 0 Å². The van der Waals surface area contributed by atoms with Crippen molar-refractivity contribution < 1.29 is 19.1 Å². The number of amides is 3. The van der Waals surface area contributed by atoms with Crippen molar-refractivity contribution in [1.29, 1.82) is 0 Å². The molecular weight excluding hydrogens is 343 g/mol. The molecule has 2 aliphatic rings. The predicted molar refractivity (Wildman–Crippen MR) is 83.6 cm³/mol. The molecule has 122 valence electrons. The number of cyclic esters (lactones) is 1. The van der Waals surface area contributed by atoms with Gasteiger partial charge in [0.25, 0.3) is 11.8 Å². The molecule has 2 heterocycles. The molecule has 0 N–H and O–H groups in total. The van der Waals surface area contributed by atoms with Gasteiger partial charge in [-0.05, 0) is 31.0 Å². The first-order valence-corrected chi connectivity index (χ1v) is 7.96. The molecule has 1 aromatic rings. The van der Waals surface area contributed by atoms with E-state index in [1.54, 1.807) is 17.0 Å². The molecule has 2 aliphatic heterocycles. The number of carbonyl (C=O) groups excluding carboxylic acids is 3. The Hall–Kier alpha value is -1.79. The third kappa shape index (κ3) is 3.14. The molecule has 3 amide bonds. The standard InChI is InChI=1S/C15H14Cl2N2O4/c16-9-1-2-11(12(17)7-9)14(21)18-5-3-10(4-6-18)19-13(20)8-23-15(19)22/h1-2,7,10H,3-6,8H2. The van der Waals surface area contributed by atoms with Crippen LogP contribution in [0.5, 0.6) is 0 Å². The minimum atomic E-state index is -0.597. The summed E-state index contributed by atoms with van der Waals surface area (Å²) in [6.45, 7) is 0.692. The number of halogens is 2. The van der Waals surface area contributed by atoms with E-state index in [0.29, 0.717) is 41.5 Å². The van der Waals surface area contributed by atoms with E-state index in [1.807, 2.05) is 0 Å². The molecule has 23 heavy (non-hydrogen) atoms. The Kier molecular flexibility index (Phi) is 4.46. The van der Waals surface area contributed by atoms with Crippen LogP contribution in [0.1, 0.15) is 23.2 Å². The fourth-order valence-electron chi connectivity index (χ4n) is 2.88. The summed E-state index contributed by atoms with van der Waals surface area (Å²) in [5.41, 5.74) is 0.395. The highest BCUT2D eigenvalue weighted by atomic mass is 35.5. The lowest BCUT2D eigenvalue weighted by atomic mass is 10.0. The normalized spacial score (nSPS) is 19.2. The van der Waals surface area contributed by atoms with E-state index in [1.165, 1.54) is 6.07 Å². The molecule has 0 unspecified atom stereocenters. The smallest absolute Gasteiger partial charge is 0.417 e. The highest BCUT2D eigenvalue weighted by molar-refractivity contribution is 6.36. The Bertz CT molecular complexity index is 655. The number of imide groups is 1. The first-order chi connectivity index (χ1) is 11.0. The van der Waals surface area contributed by atoms with Gasteiger partial charge in [-0.1, -0.05) is 23.2 Å². The van der Waals surface area contributed by atoms with Crippen LogP contribution < -0.4 is 0 Å². The zero-order valence-electron chi connectivity index (χ0n) is 12.1. The highest BCUT2D eigenvalue weighted by Gasteiger charge is 2.39. The van der Waals surface area contributed by atoms with E-state index >= 15 is 0 Å². The minimum Gasteiger partial charge on any atom is -0.439 e. The van der Waals surface area contributed by atoms with Gasteiger partial charge in [-0.2, -0.15) is 0 Å². The Balaban J connectivity index is 1.65. The van der Waals surface area contributed by atoms with Crippen LogP contribution in [0.3, 0.4) is 0 Å². The van der Waals surface area contributed by atoms with Gasteiger partial charge in [0.15, 0.2) is 6.61 Å². The predicted octanol–water partition coefficient (Wildman–Crippen LogP) is 2.58. The van der Waals surface area contributed by atoms with Crippen molar-refractivity contribution in [2.45, 2.75) is 18.9 Å². The van der Waals surface area contributed by atoms with Crippen molar-refractivity contribution in [2.75, 3.05) is 19.7 Å². The zero-order valence-corrected chi connectivity index (χ0v) is 13.6. The number of nitrogens with zero attached hydrogens (tertiary/aromatic N) is 2. The SMILES string of the molecule is O=C(c1ccc(Cl)cc1Cl)N1CCC(N2C(=O)COC2=O)CC1. The van der Waals surface area contributed by atoms with E-state index in [0.717, 1.165) is 4.90 Å². The lowest BCUT2D eigenvalue weighted by Crippen LogP contribution is -2.48. The largest absolute Gasteiger partial charge is 0.439 e. The van der Waals surface area contributed by atoms with E-state index in [9.17, 15) is 14.4 Å². The molecule has 0 aliphatic carbocycles. The van der Waals surface area contributed by atoms with Crippen molar-refractivity contribution in [3.8, 4) is 0 Å². The molecule has 0 bridgehead atoms. The van der Waals surface area contributed by atoms with E-state index in [2.05, 4.69) is 0 Å². The molecule has 2 saturated heterocycles. The summed E-state index contributed by atoms with van der Waals surface area (Å²) in [4.78, 5) is 38.6. The van der Waals surface area contributed by atoms with Crippen molar-refractivity contribution in [3.05, 3.63) is 33.8 Å². The van der Waals surface area contributed by atoms with Crippen LogP contribution >= 0.6 is 23.2 Å². The van der Waals surface area contributed by atoms with Gasteiger partial charge < -0.3 is 9.64 Å². The second-order valence-electron chi connectivity index (χ2n) is 5.47. The lowest BCUT2D eigenvalue weighted by molar-refractivity contribution is -0.127. The van der Waals surface area contributed by atoms with Crippen molar-refractivity contribution in [3.63, 3.8) is 0 Å². The molecule has 0 radical (unpaired) electrons. The van der Waals surface area contributed by atoms with Crippen LogP contribution in [0.4, 0.5) is 4.79 Å². The van der Waals surface area contributed by atoms with Crippen LogP contribution in [0.2, 0.25) is 10.0 Å². The van der Waals surface area contributed by atoms with Gasteiger partial charge in [-0.25, -0.2) is 9.69 Å². The molecule has 0 saturated carbocycles. The average Bonchev–Trinajstić information content (AvgIpc) is 2.86. The number of hydrogen-bond acceptors (Lipinski definition) is 4. The molecule has 8 heteroatoms. The van der Waals surface area contributed by atoms with Crippen LogP contribution in [0.15, 0.2) is 18.2 Å². The van der Waals surface area contributed by atoms with Gasteiger partial charge in [0, 0.05) is 24.2 Å². The van der Waals surface area contributed by atoms with Crippen molar-refractivity contribution in [2.24, 2.45) is 0 Å².